The number of amides is 2. The maximum Gasteiger partial charge on any atom is 0.271 e. The zero-order valence-corrected chi connectivity index (χ0v) is 17.6. The van der Waals surface area contributed by atoms with Crippen molar-refractivity contribution >= 4 is 11.8 Å². The van der Waals surface area contributed by atoms with Crippen molar-refractivity contribution in [2.45, 2.75) is 57.3 Å². The SMILES string of the molecule is CC1(C(=O)NC2CCCC2)Cn2c(ccc2-c2ccco2)C(=O)N1Cc1cccnc1. The van der Waals surface area contributed by atoms with Crippen LogP contribution in [0.2, 0.25) is 0 Å². The molecule has 1 atom stereocenters. The van der Waals surface area contributed by atoms with E-state index in [1.165, 1.54) is 0 Å². The largest absolute Gasteiger partial charge is 0.463 e. The number of nitrogens with zero attached hydrogens (tertiary/aromatic N) is 3. The third kappa shape index (κ3) is 3.44. The van der Waals surface area contributed by atoms with Crippen LogP contribution in [0.1, 0.15) is 48.7 Å². The molecule has 0 bridgehead atoms. The number of carbonyl (C=O) groups is 2. The number of rotatable bonds is 5. The van der Waals surface area contributed by atoms with Crippen molar-refractivity contribution < 1.29 is 14.0 Å². The molecule has 1 fully saturated rings. The first-order valence-corrected chi connectivity index (χ1v) is 10.8. The second-order valence-corrected chi connectivity index (χ2v) is 8.65. The van der Waals surface area contributed by atoms with E-state index in [1.54, 1.807) is 23.6 Å². The van der Waals surface area contributed by atoms with Crippen LogP contribution in [0.5, 0.6) is 0 Å². The molecule has 2 amide bonds. The Morgan fingerprint density at radius 1 is 1.19 bits per heavy atom. The van der Waals surface area contributed by atoms with Gasteiger partial charge in [0.15, 0.2) is 0 Å². The fraction of sp³-hybridized carbons (Fsp3) is 0.375. The van der Waals surface area contributed by atoms with E-state index in [9.17, 15) is 9.59 Å². The molecule has 4 heterocycles. The molecule has 1 unspecified atom stereocenters. The Morgan fingerprint density at radius 3 is 2.71 bits per heavy atom. The van der Waals surface area contributed by atoms with Gasteiger partial charge in [0.1, 0.15) is 17.0 Å². The molecule has 7 heteroatoms. The van der Waals surface area contributed by atoms with Crippen LogP contribution in [0.15, 0.2) is 59.5 Å². The zero-order chi connectivity index (χ0) is 21.4. The van der Waals surface area contributed by atoms with Gasteiger partial charge in [0, 0.05) is 25.0 Å². The quantitative estimate of drug-likeness (QED) is 0.686. The van der Waals surface area contributed by atoms with Gasteiger partial charge in [-0.05, 0) is 55.7 Å². The summed E-state index contributed by atoms with van der Waals surface area (Å²) >= 11 is 0. The Morgan fingerprint density at radius 2 is 2.00 bits per heavy atom. The van der Waals surface area contributed by atoms with Crippen LogP contribution in [-0.2, 0) is 17.9 Å². The van der Waals surface area contributed by atoms with E-state index in [2.05, 4.69) is 10.3 Å². The van der Waals surface area contributed by atoms with Crippen molar-refractivity contribution in [3.63, 3.8) is 0 Å². The van der Waals surface area contributed by atoms with Crippen LogP contribution in [0.4, 0.5) is 0 Å². The number of pyridine rings is 1. The van der Waals surface area contributed by atoms with E-state index >= 15 is 0 Å². The summed E-state index contributed by atoms with van der Waals surface area (Å²) < 4.78 is 7.50. The maximum atomic E-state index is 13.6. The minimum Gasteiger partial charge on any atom is -0.463 e. The molecular formula is C24H26N4O3. The van der Waals surface area contributed by atoms with Gasteiger partial charge < -0.3 is 19.2 Å². The summed E-state index contributed by atoms with van der Waals surface area (Å²) in [5.41, 5.74) is 1.21. The second kappa shape index (κ2) is 7.72. The number of aromatic nitrogens is 2. The maximum absolute atomic E-state index is 13.6. The fourth-order valence-electron chi connectivity index (χ4n) is 4.75. The van der Waals surface area contributed by atoms with E-state index in [4.69, 9.17) is 4.42 Å². The molecule has 3 aromatic heterocycles. The van der Waals surface area contributed by atoms with E-state index in [1.807, 2.05) is 47.9 Å². The molecule has 2 aliphatic rings. The van der Waals surface area contributed by atoms with Gasteiger partial charge in [-0.25, -0.2) is 0 Å². The minimum atomic E-state index is -1.04. The molecule has 160 valence electrons. The van der Waals surface area contributed by atoms with Crippen molar-refractivity contribution in [2.24, 2.45) is 0 Å². The normalized spacial score (nSPS) is 21.3. The van der Waals surface area contributed by atoms with Gasteiger partial charge in [-0.15, -0.1) is 0 Å². The molecule has 0 spiro atoms. The van der Waals surface area contributed by atoms with Crippen molar-refractivity contribution in [1.29, 1.82) is 0 Å². The summed E-state index contributed by atoms with van der Waals surface area (Å²) in [5.74, 6) is 0.400. The molecular weight excluding hydrogens is 392 g/mol. The zero-order valence-electron chi connectivity index (χ0n) is 17.6. The molecule has 7 nitrogen and oxygen atoms in total. The molecule has 1 aliphatic carbocycles. The molecule has 0 saturated heterocycles. The lowest BCUT2D eigenvalue weighted by Gasteiger charge is -2.44. The molecule has 1 aliphatic heterocycles. The number of furan rings is 1. The molecule has 1 saturated carbocycles. The predicted octanol–water partition coefficient (Wildman–Crippen LogP) is 3.62. The van der Waals surface area contributed by atoms with Crippen LogP contribution in [0.3, 0.4) is 0 Å². The molecule has 0 radical (unpaired) electrons. The summed E-state index contributed by atoms with van der Waals surface area (Å²) in [7, 11) is 0. The lowest BCUT2D eigenvalue weighted by atomic mass is 9.93. The standard InChI is InChI=1S/C24H26N4O3/c1-24(23(30)26-18-7-2-3-8-18)16-27-19(21-9-5-13-31-21)10-11-20(27)22(29)28(24)15-17-6-4-12-25-14-17/h4-6,9-14,18H,2-3,7-8,15-16H2,1H3,(H,26,30). The number of nitrogens with one attached hydrogen (secondary N) is 1. The molecule has 1 N–H and O–H groups in total. The highest BCUT2D eigenvalue weighted by Gasteiger charge is 2.48. The van der Waals surface area contributed by atoms with Crippen molar-refractivity contribution in [1.82, 2.24) is 19.8 Å². The number of carbonyl (C=O) groups excluding carboxylic acids is 2. The summed E-state index contributed by atoms with van der Waals surface area (Å²) in [6.45, 7) is 2.54. The van der Waals surface area contributed by atoms with Gasteiger partial charge in [-0.1, -0.05) is 18.9 Å². The average molecular weight is 418 g/mol. The summed E-state index contributed by atoms with van der Waals surface area (Å²) in [6, 6.07) is 11.3. The Kier molecular flexibility index (Phi) is 4.88. The van der Waals surface area contributed by atoms with Gasteiger partial charge >= 0.3 is 0 Å². The van der Waals surface area contributed by atoms with Crippen LogP contribution in [0.25, 0.3) is 11.5 Å². The first-order valence-electron chi connectivity index (χ1n) is 10.8. The number of hydrogen-bond acceptors (Lipinski definition) is 4. The topological polar surface area (TPSA) is 80.4 Å². The highest BCUT2D eigenvalue weighted by atomic mass is 16.3. The lowest BCUT2D eigenvalue weighted by molar-refractivity contribution is -0.133. The summed E-state index contributed by atoms with van der Waals surface area (Å²) in [4.78, 5) is 33.1. The molecule has 3 aromatic rings. The first kappa shape index (κ1) is 19.6. The Balaban J connectivity index is 1.54. The number of fused-ring (bicyclic) bond motifs is 1. The van der Waals surface area contributed by atoms with Gasteiger partial charge in [-0.3, -0.25) is 14.6 Å². The highest BCUT2D eigenvalue weighted by Crippen LogP contribution is 2.34. The van der Waals surface area contributed by atoms with E-state index < -0.39 is 5.54 Å². The van der Waals surface area contributed by atoms with Crippen LogP contribution in [0, 0.1) is 0 Å². The monoisotopic (exact) mass is 418 g/mol. The Hall–Kier alpha value is -3.35. The van der Waals surface area contributed by atoms with Gasteiger partial charge in [0.25, 0.3) is 5.91 Å². The summed E-state index contributed by atoms with van der Waals surface area (Å²) in [5, 5.41) is 3.22. The van der Waals surface area contributed by atoms with Crippen molar-refractivity contribution in [2.75, 3.05) is 0 Å². The predicted molar refractivity (Wildman–Crippen MR) is 115 cm³/mol. The Bertz CT molecular complexity index is 1080. The van der Waals surface area contributed by atoms with Gasteiger partial charge in [0.05, 0.1) is 18.5 Å². The second-order valence-electron chi connectivity index (χ2n) is 8.65. The fourth-order valence-corrected chi connectivity index (χ4v) is 4.75. The van der Waals surface area contributed by atoms with Crippen LogP contribution >= 0.6 is 0 Å². The van der Waals surface area contributed by atoms with Crippen molar-refractivity contribution in [3.8, 4) is 11.5 Å². The number of hydrogen-bond donors (Lipinski definition) is 1. The van der Waals surface area contributed by atoms with Gasteiger partial charge in [0.2, 0.25) is 5.91 Å². The molecule has 31 heavy (non-hydrogen) atoms. The van der Waals surface area contributed by atoms with Crippen molar-refractivity contribution in [3.05, 3.63) is 66.3 Å². The summed E-state index contributed by atoms with van der Waals surface area (Å²) in [6.07, 6.45) is 9.30. The first-order chi connectivity index (χ1) is 15.1. The van der Waals surface area contributed by atoms with E-state index in [-0.39, 0.29) is 17.9 Å². The van der Waals surface area contributed by atoms with Crippen LogP contribution < -0.4 is 5.32 Å². The molecule has 0 aromatic carbocycles. The average Bonchev–Trinajstić information content (AvgIpc) is 3.53. The van der Waals surface area contributed by atoms with Gasteiger partial charge in [-0.2, -0.15) is 0 Å². The lowest BCUT2D eigenvalue weighted by Crippen LogP contribution is -2.64. The highest BCUT2D eigenvalue weighted by molar-refractivity contribution is 6.00. The Labute approximate surface area is 181 Å². The molecule has 5 rings (SSSR count). The van der Waals surface area contributed by atoms with Crippen LogP contribution in [-0.4, -0.2) is 37.8 Å². The minimum absolute atomic E-state index is 0.110. The smallest absolute Gasteiger partial charge is 0.271 e. The van der Waals surface area contributed by atoms with E-state index in [0.29, 0.717) is 24.5 Å². The van der Waals surface area contributed by atoms with E-state index in [0.717, 1.165) is 36.9 Å². The third-order valence-electron chi connectivity index (χ3n) is 6.52. The third-order valence-corrected chi connectivity index (χ3v) is 6.52.